The number of carbonyl (C=O) groups is 1. The number of hydrogen-bond donors (Lipinski definition) is 0. The molecule has 0 unspecified atom stereocenters. The highest BCUT2D eigenvalue weighted by atomic mass is 16.5. The lowest BCUT2D eigenvalue weighted by Gasteiger charge is -2.17. The molecule has 3 nitrogen and oxygen atoms in total. The highest BCUT2D eigenvalue weighted by Crippen LogP contribution is 2.14. The standard InChI is InChI=1S/C17H19NO2/c1-3-20-16-11-9-14(10-12-16)13-18(2)17(19)15-7-5-4-6-8-15/h4-12H,3,13H2,1-2H3. The van der Waals surface area contributed by atoms with E-state index in [0.717, 1.165) is 11.3 Å². The van der Waals surface area contributed by atoms with Gasteiger partial charge in [-0.1, -0.05) is 30.3 Å². The van der Waals surface area contributed by atoms with Crippen molar-refractivity contribution in [3.8, 4) is 5.75 Å². The van der Waals surface area contributed by atoms with Gasteiger partial charge in [0.05, 0.1) is 6.61 Å². The number of rotatable bonds is 5. The van der Waals surface area contributed by atoms with Crippen LogP contribution in [0.2, 0.25) is 0 Å². The fourth-order valence-corrected chi connectivity index (χ4v) is 2.00. The maximum absolute atomic E-state index is 12.2. The summed E-state index contributed by atoms with van der Waals surface area (Å²) in [6.07, 6.45) is 0. The predicted molar refractivity (Wildman–Crippen MR) is 79.9 cm³/mol. The van der Waals surface area contributed by atoms with Gasteiger partial charge < -0.3 is 9.64 Å². The first-order valence-electron chi connectivity index (χ1n) is 6.73. The molecular weight excluding hydrogens is 250 g/mol. The first kappa shape index (κ1) is 14.1. The van der Waals surface area contributed by atoms with Crippen molar-refractivity contribution in [2.45, 2.75) is 13.5 Å². The zero-order chi connectivity index (χ0) is 14.4. The van der Waals surface area contributed by atoms with Crippen molar-refractivity contribution in [3.05, 3.63) is 65.7 Å². The lowest BCUT2D eigenvalue weighted by Crippen LogP contribution is -2.26. The Morgan fingerprint density at radius 2 is 1.70 bits per heavy atom. The van der Waals surface area contributed by atoms with Crippen LogP contribution in [0.5, 0.6) is 5.75 Å². The number of benzene rings is 2. The van der Waals surface area contributed by atoms with Crippen LogP contribution < -0.4 is 4.74 Å². The SMILES string of the molecule is CCOc1ccc(CN(C)C(=O)c2ccccc2)cc1. The smallest absolute Gasteiger partial charge is 0.253 e. The number of nitrogens with zero attached hydrogens (tertiary/aromatic N) is 1. The van der Waals surface area contributed by atoms with Gasteiger partial charge in [0.2, 0.25) is 0 Å². The topological polar surface area (TPSA) is 29.5 Å². The predicted octanol–water partition coefficient (Wildman–Crippen LogP) is 3.36. The van der Waals surface area contributed by atoms with Gasteiger partial charge in [-0.2, -0.15) is 0 Å². The number of ether oxygens (including phenoxy) is 1. The van der Waals surface area contributed by atoms with Gasteiger partial charge >= 0.3 is 0 Å². The molecule has 20 heavy (non-hydrogen) atoms. The molecule has 0 atom stereocenters. The zero-order valence-corrected chi connectivity index (χ0v) is 11.9. The first-order valence-corrected chi connectivity index (χ1v) is 6.73. The van der Waals surface area contributed by atoms with Crippen molar-refractivity contribution in [3.63, 3.8) is 0 Å². The summed E-state index contributed by atoms with van der Waals surface area (Å²) in [5.74, 6) is 0.882. The lowest BCUT2D eigenvalue weighted by molar-refractivity contribution is 0.0785. The first-order chi connectivity index (χ1) is 9.70. The van der Waals surface area contributed by atoms with E-state index in [2.05, 4.69) is 0 Å². The summed E-state index contributed by atoms with van der Waals surface area (Å²) in [7, 11) is 1.81. The Kier molecular flexibility index (Phi) is 4.77. The Bertz CT molecular complexity index is 549. The lowest BCUT2D eigenvalue weighted by atomic mass is 10.1. The second-order valence-electron chi connectivity index (χ2n) is 4.60. The summed E-state index contributed by atoms with van der Waals surface area (Å²) >= 11 is 0. The minimum Gasteiger partial charge on any atom is -0.494 e. The monoisotopic (exact) mass is 269 g/mol. The van der Waals surface area contributed by atoms with Crippen molar-refractivity contribution >= 4 is 5.91 Å². The molecule has 0 saturated carbocycles. The van der Waals surface area contributed by atoms with E-state index >= 15 is 0 Å². The summed E-state index contributed by atoms with van der Waals surface area (Å²) in [6.45, 7) is 3.20. The van der Waals surface area contributed by atoms with Crippen LogP contribution in [0.1, 0.15) is 22.8 Å². The van der Waals surface area contributed by atoms with E-state index in [1.807, 2.05) is 68.6 Å². The Morgan fingerprint density at radius 3 is 2.30 bits per heavy atom. The molecule has 0 bridgehead atoms. The summed E-state index contributed by atoms with van der Waals surface area (Å²) in [4.78, 5) is 13.9. The summed E-state index contributed by atoms with van der Waals surface area (Å²) in [5.41, 5.74) is 1.79. The second-order valence-corrected chi connectivity index (χ2v) is 4.60. The van der Waals surface area contributed by atoms with Crippen LogP contribution in [0, 0.1) is 0 Å². The third-order valence-electron chi connectivity index (χ3n) is 3.02. The van der Waals surface area contributed by atoms with Gasteiger partial charge in [0.25, 0.3) is 5.91 Å². The van der Waals surface area contributed by atoms with E-state index in [0.29, 0.717) is 18.7 Å². The molecule has 3 heteroatoms. The van der Waals surface area contributed by atoms with Crippen molar-refractivity contribution < 1.29 is 9.53 Å². The number of hydrogen-bond acceptors (Lipinski definition) is 2. The maximum atomic E-state index is 12.2. The van der Waals surface area contributed by atoms with Crippen molar-refractivity contribution in [1.82, 2.24) is 4.90 Å². The minimum absolute atomic E-state index is 0.0273. The molecule has 0 aromatic heterocycles. The number of amides is 1. The van der Waals surface area contributed by atoms with Crippen molar-refractivity contribution in [2.24, 2.45) is 0 Å². The highest BCUT2D eigenvalue weighted by molar-refractivity contribution is 5.93. The van der Waals surface area contributed by atoms with Crippen LogP contribution in [0.4, 0.5) is 0 Å². The van der Waals surface area contributed by atoms with Gasteiger partial charge in [-0.3, -0.25) is 4.79 Å². The molecule has 2 aromatic carbocycles. The summed E-state index contributed by atoms with van der Waals surface area (Å²) < 4.78 is 5.40. The van der Waals surface area contributed by atoms with Crippen LogP contribution >= 0.6 is 0 Å². The van der Waals surface area contributed by atoms with Crippen molar-refractivity contribution in [2.75, 3.05) is 13.7 Å². The van der Waals surface area contributed by atoms with Gasteiger partial charge in [0, 0.05) is 19.2 Å². The Hall–Kier alpha value is -2.29. The summed E-state index contributed by atoms with van der Waals surface area (Å²) in [6, 6.07) is 17.1. The fourth-order valence-electron chi connectivity index (χ4n) is 2.00. The van der Waals surface area contributed by atoms with Crippen LogP contribution in [-0.2, 0) is 6.54 Å². The zero-order valence-electron chi connectivity index (χ0n) is 11.9. The van der Waals surface area contributed by atoms with Gasteiger partial charge in [-0.15, -0.1) is 0 Å². The Morgan fingerprint density at radius 1 is 1.05 bits per heavy atom. The van der Waals surface area contributed by atoms with E-state index in [4.69, 9.17) is 4.74 Å². The van der Waals surface area contributed by atoms with Gasteiger partial charge in [0.15, 0.2) is 0 Å². The second kappa shape index (κ2) is 6.75. The highest BCUT2D eigenvalue weighted by Gasteiger charge is 2.11. The molecule has 0 aliphatic heterocycles. The molecule has 2 aromatic rings. The average Bonchev–Trinajstić information content (AvgIpc) is 2.49. The molecule has 0 fully saturated rings. The normalized spacial score (nSPS) is 10.1. The molecule has 0 heterocycles. The third-order valence-corrected chi connectivity index (χ3v) is 3.02. The van der Waals surface area contributed by atoms with E-state index < -0.39 is 0 Å². The Labute approximate surface area is 119 Å². The van der Waals surface area contributed by atoms with E-state index in [1.54, 1.807) is 4.90 Å². The summed E-state index contributed by atoms with van der Waals surface area (Å²) in [5, 5.41) is 0. The molecule has 0 N–H and O–H groups in total. The molecule has 2 rings (SSSR count). The van der Waals surface area contributed by atoms with E-state index in [9.17, 15) is 4.79 Å². The average molecular weight is 269 g/mol. The Balaban J connectivity index is 2.00. The maximum Gasteiger partial charge on any atom is 0.253 e. The van der Waals surface area contributed by atoms with Crippen LogP contribution in [-0.4, -0.2) is 24.5 Å². The van der Waals surface area contributed by atoms with Crippen LogP contribution in [0.15, 0.2) is 54.6 Å². The molecule has 0 saturated heterocycles. The quantitative estimate of drug-likeness (QED) is 0.833. The minimum atomic E-state index is 0.0273. The van der Waals surface area contributed by atoms with Crippen LogP contribution in [0.3, 0.4) is 0 Å². The largest absolute Gasteiger partial charge is 0.494 e. The molecule has 1 amide bonds. The van der Waals surface area contributed by atoms with Gasteiger partial charge in [0.1, 0.15) is 5.75 Å². The molecule has 0 aliphatic rings. The number of carbonyl (C=O) groups excluding carboxylic acids is 1. The van der Waals surface area contributed by atoms with E-state index in [1.165, 1.54) is 0 Å². The molecule has 0 spiro atoms. The molecule has 0 aliphatic carbocycles. The van der Waals surface area contributed by atoms with Crippen LogP contribution in [0.25, 0.3) is 0 Å². The van der Waals surface area contributed by atoms with Gasteiger partial charge in [-0.25, -0.2) is 0 Å². The fraction of sp³-hybridized carbons (Fsp3) is 0.235. The molecular formula is C17H19NO2. The molecule has 0 radical (unpaired) electrons. The van der Waals surface area contributed by atoms with E-state index in [-0.39, 0.29) is 5.91 Å². The van der Waals surface area contributed by atoms with Gasteiger partial charge in [-0.05, 0) is 36.8 Å². The molecule has 104 valence electrons. The third kappa shape index (κ3) is 3.60. The van der Waals surface area contributed by atoms with Crippen molar-refractivity contribution in [1.29, 1.82) is 0 Å².